The van der Waals surface area contributed by atoms with Gasteiger partial charge in [0.1, 0.15) is 0 Å². The van der Waals surface area contributed by atoms with Gasteiger partial charge < -0.3 is 0 Å². The monoisotopic (exact) mass is 195 g/mol. The van der Waals surface area contributed by atoms with Crippen LogP contribution in [0.2, 0.25) is 8.35 Å². The second-order valence-electron chi connectivity index (χ2n) is 1.68. The van der Waals surface area contributed by atoms with E-state index in [-0.39, 0.29) is 22.9 Å². The van der Waals surface area contributed by atoms with Crippen LogP contribution in [-0.2, 0) is 0 Å². The molecule has 0 spiro atoms. The molecule has 0 atom stereocenters. The van der Waals surface area contributed by atoms with Crippen LogP contribution in [0, 0.1) is 0 Å². The van der Waals surface area contributed by atoms with Gasteiger partial charge in [-0.1, -0.05) is 0 Å². The third kappa shape index (κ3) is 1.37. The minimum atomic E-state index is -0.161. The molecule has 0 N–H and O–H groups in total. The predicted octanol–water partition coefficient (Wildman–Crippen LogP) is 1.65. The van der Waals surface area contributed by atoms with Gasteiger partial charge in [0.2, 0.25) is 0 Å². The molecule has 36 valence electrons. The molecule has 0 aliphatic heterocycles. The van der Waals surface area contributed by atoms with Crippen molar-refractivity contribution in [2.24, 2.45) is 0 Å². The first kappa shape index (κ1) is 5.49. The predicted molar refractivity (Wildman–Crippen MR) is 33.6 cm³/mol. The standard InChI is InChI=1S/C5H5.CH3.In/c1-2-4-5-3-1;;/h1-5H;1H3;/q;;-1. The van der Waals surface area contributed by atoms with Gasteiger partial charge in [-0.25, -0.2) is 0 Å². The Morgan fingerprint density at radius 2 is 1.86 bits per heavy atom. The van der Waals surface area contributed by atoms with Crippen molar-refractivity contribution in [1.29, 1.82) is 0 Å². The van der Waals surface area contributed by atoms with Crippen LogP contribution in [0.15, 0.2) is 24.3 Å². The Morgan fingerprint density at radius 1 is 1.29 bits per heavy atom. The van der Waals surface area contributed by atoms with Crippen molar-refractivity contribution in [2.45, 2.75) is 8.35 Å². The van der Waals surface area contributed by atoms with Gasteiger partial charge in [0.25, 0.3) is 0 Å². The van der Waals surface area contributed by atoms with E-state index in [2.05, 4.69) is 29.0 Å². The van der Waals surface area contributed by atoms with Gasteiger partial charge in [-0.15, -0.1) is 0 Å². The Morgan fingerprint density at radius 3 is 2.14 bits per heavy atom. The van der Waals surface area contributed by atoms with Crippen molar-refractivity contribution < 1.29 is 0 Å². The van der Waals surface area contributed by atoms with Crippen molar-refractivity contribution in [3.63, 3.8) is 0 Å². The van der Waals surface area contributed by atoms with E-state index in [0.717, 1.165) is 3.67 Å². The molecule has 1 heteroatoms. The third-order valence-corrected chi connectivity index (χ3v) is 4.63. The molecule has 0 amide bonds. The molecule has 0 aromatic carbocycles. The first-order valence-electron chi connectivity index (χ1n) is 2.58. The normalized spacial score (nSPS) is 19.0. The zero-order chi connectivity index (χ0) is 5.11. The summed E-state index contributed by atoms with van der Waals surface area (Å²) in [5.41, 5.74) is 0. The summed E-state index contributed by atoms with van der Waals surface area (Å²) < 4.78 is 3.32. The summed E-state index contributed by atoms with van der Waals surface area (Å²) in [6.07, 6.45) is 8.92. The Balaban J connectivity index is 2.44. The second-order valence-corrected chi connectivity index (χ2v) is 5.78. The van der Waals surface area contributed by atoms with Crippen LogP contribution in [0.1, 0.15) is 0 Å². The topological polar surface area (TPSA) is 0 Å². The molecule has 7 heavy (non-hydrogen) atoms. The van der Waals surface area contributed by atoms with Crippen molar-refractivity contribution >= 4 is 22.9 Å². The molecule has 0 aromatic rings. The average Bonchev–Trinajstić information content (AvgIpc) is 2.14. The van der Waals surface area contributed by atoms with Crippen LogP contribution >= 0.6 is 0 Å². The van der Waals surface area contributed by atoms with Crippen LogP contribution in [0.3, 0.4) is 0 Å². The molecule has 0 nitrogen and oxygen atoms in total. The fraction of sp³-hybridized carbons (Fsp3) is 0.333. The van der Waals surface area contributed by atoms with Crippen LogP contribution in [0.4, 0.5) is 0 Å². The molecule has 1 aliphatic carbocycles. The first-order valence-corrected chi connectivity index (χ1v) is 7.78. The second kappa shape index (κ2) is 2.61. The van der Waals surface area contributed by atoms with Gasteiger partial charge in [-0.2, -0.15) is 0 Å². The van der Waals surface area contributed by atoms with E-state index in [1.165, 1.54) is 0 Å². The summed E-state index contributed by atoms with van der Waals surface area (Å²) in [5, 5.41) is 0. The summed E-state index contributed by atoms with van der Waals surface area (Å²) in [6, 6.07) is 0. The molecule has 0 heterocycles. The van der Waals surface area contributed by atoms with Crippen LogP contribution < -0.4 is 0 Å². The molecule has 2 radical (unpaired) electrons. The van der Waals surface area contributed by atoms with Crippen molar-refractivity contribution in [2.75, 3.05) is 0 Å². The first-order chi connectivity index (χ1) is 3.43. The molecule has 0 fully saturated rings. The zero-order valence-electron chi connectivity index (χ0n) is 4.46. The van der Waals surface area contributed by atoms with Gasteiger partial charge in [-0.3, -0.25) is 0 Å². The van der Waals surface area contributed by atoms with E-state index in [4.69, 9.17) is 0 Å². The Bertz CT molecular complexity index is 90.7. The van der Waals surface area contributed by atoms with E-state index in [1.54, 1.807) is 0 Å². The molecule has 0 aromatic heterocycles. The van der Waals surface area contributed by atoms with E-state index in [0.29, 0.717) is 0 Å². The molecule has 0 unspecified atom stereocenters. The summed E-state index contributed by atoms with van der Waals surface area (Å²) in [5.74, 6) is 0. The molecule has 0 saturated carbocycles. The minimum absolute atomic E-state index is 0.161. The van der Waals surface area contributed by atoms with Gasteiger partial charge in [-0.05, 0) is 0 Å². The van der Waals surface area contributed by atoms with Crippen LogP contribution in [0.25, 0.3) is 0 Å². The Hall–Kier alpha value is 0.350. The third-order valence-electron chi connectivity index (χ3n) is 1.16. The maximum absolute atomic E-state index is 2.39. The van der Waals surface area contributed by atoms with Crippen LogP contribution in [0.5, 0.6) is 0 Å². The van der Waals surface area contributed by atoms with Crippen molar-refractivity contribution in [3.05, 3.63) is 24.3 Å². The van der Waals surface area contributed by atoms with E-state index < -0.39 is 0 Å². The van der Waals surface area contributed by atoms with Crippen molar-refractivity contribution in [3.8, 4) is 0 Å². The molecule has 0 saturated heterocycles. The fourth-order valence-corrected chi connectivity index (χ4v) is 2.67. The maximum atomic E-state index is 2.39. The van der Waals surface area contributed by atoms with E-state index >= 15 is 0 Å². The van der Waals surface area contributed by atoms with Crippen molar-refractivity contribution in [1.82, 2.24) is 0 Å². The summed E-state index contributed by atoms with van der Waals surface area (Å²) >= 11 is -0.161. The number of hydrogen-bond acceptors (Lipinski definition) is 0. The molecule has 1 aliphatic rings. The Labute approximate surface area is 55.7 Å². The fourth-order valence-electron chi connectivity index (χ4n) is 0.671. The van der Waals surface area contributed by atoms with Gasteiger partial charge >= 0.3 is 55.6 Å². The summed E-state index contributed by atoms with van der Waals surface area (Å²) in [4.78, 5) is 0. The zero-order valence-corrected chi connectivity index (χ0v) is 7.76. The molecule has 1 rings (SSSR count). The molecular weight excluding hydrogens is 187 g/mol. The van der Waals surface area contributed by atoms with Crippen LogP contribution in [-0.4, -0.2) is 22.9 Å². The molecule has 0 bridgehead atoms. The summed E-state index contributed by atoms with van der Waals surface area (Å²) in [6.45, 7) is 0. The Kier molecular flexibility index (Phi) is 2.04. The number of rotatable bonds is 1. The number of allylic oxidation sites excluding steroid dienone is 4. The van der Waals surface area contributed by atoms with Gasteiger partial charge in [0, 0.05) is 0 Å². The quantitative estimate of drug-likeness (QED) is 0.596. The SMILES string of the molecule is [CH3][In-][CH]1C=CC=C1. The molecular formula is C6H8In-. The van der Waals surface area contributed by atoms with E-state index in [1.807, 2.05) is 0 Å². The number of hydrogen-bond donors (Lipinski definition) is 0. The summed E-state index contributed by atoms with van der Waals surface area (Å²) in [7, 11) is 0. The van der Waals surface area contributed by atoms with Gasteiger partial charge in [0.05, 0.1) is 0 Å². The van der Waals surface area contributed by atoms with Gasteiger partial charge in [0.15, 0.2) is 0 Å². The average molecular weight is 195 g/mol. The van der Waals surface area contributed by atoms with E-state index in [9.17, 15) is 0 Å².